The number of H-pyrrole nitrogens is 2. The van der Waals surface area contributed by atoms with E-state index in [1.807, 2.05) is 32.9 Å². The number of hydrogen-bond acceptors (Lipinski definition) is 15. The topological polar surface area (TPSA) is 262 Å². The molecule has 0 aliphatic carbocycles. The number of methoxy groups -OCH3 is 1. The molecule has 0 aromatic carbocycles. The Balaban J connectivity index is 1.28. The minimum Gasteiger partial charge on any atom is -0.469 e. The number of nitrogens with zero attached hydrogens (tertiary/aromatic N) is 2. The number of hydrogen-bond donors (Lipinski definition) is 9. The van der Waals surface area contributed by atoms with E-state index in [9.17, 15) is 40.5 Å². The number of carbonyl (C=O) groups is 1. The molecule has 0 amide bonds. The van der Waals surface area contributed by atoms with E-state index < -0.39 is 74.6 Å². The van der Waals surface area contributed by atoms with Gasteiger partial charge in [0.2, 0.25) is 0 Å². The summed E-state index contributed by atoms with van der Waals surface area (Å²) in [5, 5.41) is 73.5. The van der Waals surface area contributed by atoms with Gasteiger partial charge in [-0.05, 0) is 92.6 Å². The van der Waals surface area contributed by atoms with Gasteiger partial charge in [0.25, 0.3) is 0 Å². The maximum absolute atomic E-state index is 12.3. The smallest absolute Gasteiger partial charge is 0.305 e. The second kappa shape index (κ2) is 18.3. The van der Waals surface area contributed by atoms with Crippen molar-refractivity contribution in [2.45, 2.75) is 141 Å². The molecule has 2 saturated heterocycles. The summed E-state index contributed by atoms with van der Waals surface area (Å²) in [6.07, 6.45) is -12.2. The van der Waals surface area contributed by atoms with Crippen molar-refractivity contribution in [1.29, 1.82) is 0 Å². The van der Waals surface area contributed by atoms with Gasteiger partial charge in [-0.25, -0.2) is 4.98 Å². The summed E-state index contributed by atoms with van der Waals surface area (Å²) in [5.41, 5.74) is 12.3. The Hall–Kier alpha value is -4.11. The normalized spacial score (nSPS) is 30.4. The van der Waals surface area contributed by atoms with Gasteiger partial charge in [-0.15, -0.1) is 0 Å². The predicted molar refractivity (Wildman–Crippen MR) is 222 cm³/mol. The molecule has 7 heterocycles. The van der Waals surface area contributed by atoms with Gasteiger partial charge in [-0.3, -0.25) is 9.78 Å². The number of ether oxygens (including phenoxy) is 5. The van der Waals surface area contributed by atoms with E-state index in [1.165, 1.54) is 7.11 Å². The van der Waals surface area contributed by atoms with Crippen LogP contribution >= 0.6 is 0 Å². The molecule has 17 nitrogen and oxygen atoms in total. The predicted octanol–water partition coefficient (Wildman–Crippen LogP) is 2.34. The number of aliphatic hydroxyl groups is 7. The van der Waals surface area contributed by atoms with E-state index in [-0.39, 0.29) is 30.8 Å². The lowest BCUT2D eigenvalue weighted by Crippen LogP contribution is -2.64. The Bertz CT molecular complexity index is 2300. The van der Waals surface area contributed by atoms with E-state index in [2.05, 4.69) is 42.9 Å². The number of aryl methyl sites for hydroxylation is 3. The van der Waals surface area contributed by atoms with Gasteiger partial charge in [-0.1, -0.05) is 13.8 Å². The monoisotopic (exact) mass is 850 g/mol. The molecule has 8 bridgehead atoms. The van der Waals surface area contributed by atoms with Crippen molar-refractivity contribution in [1.82, 2.24) is 19.9 Å². The molecule has 3 aromatic rings. The van der Waals surface area contributed by atoms with Crippen molar-refractivity contribution >= 4 is 39.7 Å². The summed E-state index contributed by atoms with van der Waals surface area (Å²) in [5.74, 6) is -0.445. The Kier molecular flexibility index (Phi) is 13.5. The highest BCUT2D eigenvalue weighted by Crippen LogP contribution is 2.42. The van der Waals surface area contributed by atoms with Crippen LogP contribution in [0.3, 0.4) is 0 Å². The van der Waals surface area contributed by atoms with Crippen molar-refractivity contribution in [2.75, 3.05) is 20.3 Å². The van der Waals surface area contributed by atoms with Crippen LogP contribution in [0.2, 0.25) is 0 Å². The number of aromatic nitrogens is 4. The molecular formula is C44H58N4O13. The summed E-state index contributed by atoms with van der Waals surface area (Å²) in [6.45, 7) is 10.7. The van der Waals surface area contributed by atoms with Crippen LogP contribution in [0, 0.1) is 20.8 Å². The largest absolute Gasteiger partial charge is 0.469 e. The first-order valence-electron chi connectivity index (χ1n) is 20.8. The van der Waals surface area contributed by atoms with Gasteiger partial charge in [0.1, 0.15) is 48.8 Å². The molecule has 0 radical (unpaired) electrons. The molecule has 3 aromatic heterocycles. The SMILES string of the molecule is CCc1c(C)c2cc3[nH]c(cc4nc(c(C)c5nc(cc1[nH]2)C(C)=C5)[C@@H](CCC(=O)OC)[C@@H]4C)c(C)c3CO[C@@H]1O[C@H](CO)[C@@H](O[C@H]2O[C@H](CO)[C@@H](O)[C@H](O)[C@H]2O)[C@H](O)[C@H]1O. The highest BCUT2D eigenvalue weighted by Gasteiger charge is 2.51. The van der Waals surface area contributed by atoms with Crippen molar-refractivity contribution in [2.24, 2.45) is 0 Å². The number of carbonyl (C=O) groups excluding carboxylic acids is 1. The maximum Gasteiger partial charge on any atom is 0.305 e. The first kappa shape index (κ1) is 44.9. The molecule has 4 aliphatic heterocycles. The minimum atomic E-state index is -1.79. The zero-order chi connectivity index (χ0) is 44.0. The third-order valence-corrected chi connectivity index (χ3v) is 12.8. The zero-order valence-electron chi connectivity index (χ0n) is 35.5. The van der Waals surface area contributed by atoms with Gasteiger partial charge < -0.3 is 69.4 Å². The van der Waals surface area contributed by atoms with E-state index >= 15 is 0 Å². The van der Waals surface area contributed by atoms with Crippen molar-refractivity contribution in [3.63, 3.8) is 0 Å². The lowest BCUT2D eigenvalue weighted by Gasteiger charge is -2.45. The molecule has 4 aliphatic rings. The van der Waals surface area contributed by atoms with E-state index in [4.69, 9.17) is 33.7 Å². The van der Waals surface area contributed by atoms with Gasteiger partial charge in [-0.2, -0.15) is 0 Å². The number of esters is 1. The minimum absolute atomic E-state index is 0.0667. The van der Waals surface area contributed by atoms with Crippen molar-refractivity contribution in [3.05, 3.63) is 68.8 Å². The van der Waals surface area contributed by atoms with Crippen LogP contribution in [-0.2, 0) is 41.5 Å². The maximum atomic E-state index is 12.3. The summed E-state index contributed by atoms with van der Waals surface area (Å²) >= 11 is 0. The first-order chi connectivity index (χ1) is 29.1. The van der Waals surface area contributed by atoms with Crippen LogP contribution in [0.5, 0.6) is 0 Å². The van der Waals surface area contributed by atoms with E-state index in [0.717, 1.165) is 79.1 Å². The molecule has 332 valence electrons. The fourth-order valence-electron chi connectivity index (χ4n) is 8.88. The third-order valence-electron chi connectivity index (χ3n) is 12.8. The molecule has 61 heavy (non-hydrogen) atoms. The Morgan fingerprint density at radius 3 is 2.08 bits per heavy atom. The second-order valence-corrected chi connectivity index (χ2v) is 16.5. The number of aromatic amines is 2. The summed E-state index contributed by atoms with van der Waals surface area (Å²) in [7, 11) is 1.38. The molecule has 9 N–H and O–H groups in total. The van der Waals surface area contributed by atoms with Gasteiger partial charge in [0.05, 0.1) is 38.3 Å². The number of aliphatic hydroxyl groups excluding tert-OH is 7. The molecule has 0 saturated carbocycles. The molecule has 2 fully saturated rings. The highest BCUT2D eigenvalue weighted by molar-refractivity contribution is 5.85. The number of rotatable bonds is 11. The zero-order valence-corrected chi connectivity index (χ0v) is 35.5. The van der Waals surface area contributed by atoms with Gasteiger partial charge >= 0.3 is 5.97 Å². The molecule has 12 atom stereocenters. The summed E-state index contributed by atoms with van der Waals surface area (Å²) in [6, 6.07) is 6.07. The molecule has 7 rings (SSSR count). The second-order valence-electron chi connectivity index (χ2n) is 16.5. The van der Waals surface area contributed by atoms with Crippen LogP contribution < -0.4 is 0 Å². The summed E-state index contributed by atoms with van der Waals surface area (Å²) < 4.78 is 28.3. The Morgan fingerprint density at radius 2 is 1.41 bits per heavy atom. The van der Waals surface area contributed by atoms with Crippen LogP contribution in [0.15, 0.2) is 18.2 Å². The molecule has 0 spiro atoms. The summed E-state index contributed by atoms with van der Waals surface area (Å²) in [4.78, 5) is 29.8. The average Bonchev–Trinajstić information content (AvgIpc) is 3.95. The first-order valence-corrected chi connectivity index (χ1v) is 20.8. The van der Waals surface area contributed by atoms with Crippen molar-refractivity contribution < 1.29 is 64.2 Å². The van der Waals surface area contributed by atoms with Crippen LogP contribution in [0.25, 0.3) is 33.7 Å². The highest BCUT2D eigenvalue weighted by atomic mass is 16.7. The quantitative estimate of drug-likeness (QED) is 0.126. The van der Waals surface area contributed by atoms with Gasteiger partial charge in [0, 0.05) is 57.3 Å². The van der Waals surface area contributed by atoms with E-state index in [0.29, 0.717) is 11.9 Å². The lowest BCUT2D eigenvalue weighted by atomic mass is 9.86. The Labute approximate surface area is 353 Å². The standard InChI is InChI=1S/C44H58N4O13/c1-8-23-19(3)29-14-32-25(17-58-43-41(56)39(54)42(34(16-50)60-43)61-44-40(55)38(53)37(52)33(15-49)59-44)21(5)28(47-32)13-30-20(4)24(9-10-35(51)57-7)36(48-30)22(6)27-11-18(2)26(45-27)12-31(23)46-29/h11-14,20,24,33-34,37-44,46-47,49-50,52-56H,8-10,15-17H2,1-7H3/t20-,24-,33+,34+,37+,38-,39+,40+,41+,42+,43+,44+/m0/s1. The van der Waals surface area contributed by atoms with Crippen LogP contribution in [-0.4, -0.2) is 143 Å². The lowest BCUT2D eigenvalue weighted by molar-refractivity contribution is -0.360. The van der Waals surface area contributed by atoms with Crippen molar-refractivity contribution in [3.8, 4) is 0 Å². The van der Waals surface area contributed by atoms with E-state index in [1.54, 1.807) is 0 Å². The molecule has 0 unspecified atom stereocenters. The molecular weight excluding hydrogens is 792 g/mol. The number of fused-ring (bicyclic) bond motifs is 8. The fraction of sp³-hybridized carbons (Fsp3) is 0.568. The van der Waals surface area contributed by atoms with Gasteiger partial charge in [0.15, 0.2) is 12.6 Å². The average molecular weight is 851 g/mol. The molecule has 17 heteroatoms. The van der Waals surface area contributed by atoms with Crippen LogP contribution in [0.1, 0.15) is 96.0 Å². The number of allylic oxidation sites excluding steroid dienone is 1. The Morgan fingerprint density at radius 1 is 0.770 bits per heavy atom. The number of nitrogens with one attached hydrogen (secondary N) is 2. The van der Waals surface area contributed by atoms with Crippen LogP contribution in [0.4, 0.5) is 0 Å². The third kappa shape index (κ3) is 8.54. The fourth-order valence-corrected chi connectivity index (χ4v) is 8.88.